The van der Waals surface area contributed by atoms with E-state index in [-0.39, 0.29) is 0 Å². The maximum Gasteiger partial charge on any atom is 0.0398 e. The Labute approximate surface area is 120 Å². The van der Waals surface area contributed by atoms with Gasteiger partial charge in [-0.1, -0.05) is 78.9 Å². The van der Waals surface area contributed by atoms with Crippen LogP contribution in [0.1, 0.15) is 0 Å². The summed E-state index contributed by atoms with van der Waals surface area (Å²) in [7, 11) is -0.592. The van der Waals surface area contributed by atoms with Crippen LogP contribution in [0.2, 0.25) is 0 Å². The summed E-state index contributed by atoms with van der Waals surface area (Å²) in [6.07, 6.45) is 0. The van der Waals surface area contributed by atoms with Gasteiger partial charge in [0.2, 0.25) is 0 Å². The first kappa shape index (κ1) is 12.9. The number of rotatable bonds is 3. The molecule has 0 aromatic heterocycles. The molecule has 0 bridgehead atoms. The van der Waals surface area contributed by atoms with E-state index in [0.29, 0.717) is 0 Å². The SMILES string of the molecule is Nc1ccccc1P(c1ccccc1)c1ccccc1. The summed E-state index contributed by atoms with van der Waals surface area (Å²) in [5.74, 6) is 0. The van der Waals surface area contributed by atoms with Crippen LogP contribution in [0.15, 0.2) is 84.9 Å². The van der Waals surface area contributed by atoms with Gasteiger partial charge in [0, 0.05) is 11.0 Å². The summed E-state index contributed by atoms with van der Waals surface area (Å²) in [6.45, 7) is 0. The number of para-hydroxylation sites is 1. The molecule has 0 fully saturated rings. The van der Waals surface area contributed by atoms with Gasteiger partial charge in [-0.15, -0.1) is 0 Å². The molecule has 0 aliphatic rings. The quantitative estimate of drug-likeness (QED) is 0.578. The zero-order valence-corrected chi connectivity index (χ0v) is 12.0. The van der Waals surface area contributed by atoms with Crippen LogP contribution in [0.5, 0.6) is 0 Å². The molecule has 0 spiro atoms. The Hall–Kier alpha value is -2.11. The first-order valence-corrected chi connectivity index (χ1v) is 7.95. The van der Waals surface area contributed by atoms with E-state index < -0.39 is 7.92 Å². The number of nitrogens with two attached hydrogens (primary N) is 1. The topological polar surface area (TPSA) is 26.0 Å². The third kappa shape index (κ3) is 2.59. The number of hydrogen-bond donors (Lipinski definition) is 1. The average molecular weight is 277 g/mol. The van der Waals surface area contributed by atoms with Crippen molar-refractivity contribution in [3.63, 3.8) is 0 Å². The van der Waals surface area contributed by atoms with Crippen molar-refractivity contribution < 1.29 is 0 Å². The van der Waals surface area contributed by atoms with Crippen LogP contribution in [-0.2, 0) is 0 Å². The minimum absolute atomic E-state index is 0.592. The van der Waals surface area contributed by atoms with Crippen molar-refractivity contribution in [3.05, 3.63) is 84.9 Å². The Morgan fingerprint density at radius 3 is 1.50 bits per heavy atom. The average Bonchev–Trinajstić information content (AvgIpc) is 2.52. The predicted octanol–water partition coefficient (Wildman–Crippen LogP) is 3.03. The highest BCUT2D eigenvalue weighted by molar-refractivity contribution is 7.80. The number of hydrogen-bond acceptors (Lipinski definition) is 1. The number of nitrogen functional groups attached to an aromatic ring is 1. The molecule has 2 N–H and O–H groups in total. The van der Waals surface area contributed by atoms with Crippen LogP contribution in [-0.4, -0.2) is 0 Å². The minimum Gasteiger partial charge on any atom is -0.398 e. The lowest BCUT2D eigenvalue weighted by Crippen LogP contribution is -2.22. The summed E-state index contributed by atoms with van der Waals surface area (Å²) in [5, 5.41) is 3.87. The van der Waals surface area contributed by atoms with Gasteiger partial charge in [0.05, 0.1) is 0 Å². The van der Waals surface area contributed by atoms with Crippen molar-refractivity contribution in [1.29, 1.82) is 0 Å². The zero-order chi connectivity index (χ0) is 13.8. The molecule has 0 aliphatic carbocycles. The van der Waals surface area contributed by atoms with E-state index in [4.69, 9.17) is 5.73 Å². The van der Waals surface area contributed by atoms with E-state index in [9.17, 15) is 0 Å². The molecule has 0 aliphatic heterocycles. The van der Waals surface area contributed by atoms with Crippen molar-refractivity contribution >= 4 is 29.5 Å². The fourth-order valence-electron chi connectivity index (χ4n) is 2.27. The second-order valence-electron chi connectivity index (χ2n) is 4.57. The van der Waals surface area contributed by atoms with E-state index >= 15 is 0 Å². The lowest BCUT2D eigenvalue weighted by atomic mass is 10.3. The first-order chi connectivity index (χ1) is 9.86. The molecule has 3 rings (SSSR count). The third-order valence-corrected chi connectivity index (χ3v) is 5.72. The van der Waals surface area contributed by atoms with Crippen LogP contribution >= 0.6 is 7.92 Å². The fraction of sp³-hybridized carbons (Fsp3) is 0. The standard InChI is InChI=1S/C18H16NP/c19-17-13-7-8-14-18(17)20(15-9-3-1-4-10-15)16-11-5-2-6-12-16/h1-14H,19H2. The van der Waals surface area contributed by atoms with Crippen molar-refractivity contribution in [3.8, 4) is 0 Å². The largest absolute Gasteiger partial charge is 0.398 e. The summed E-state index contributed by atoms with van der Waals surface area (Å²) < 4.78 is 0. The van der Waals surface area contributed by atoms with Crippen LogP contribution in [0, 0.1) is 0 Å². The summed E-state index contributed by atoms with van der Waals surface area (Å²) in [4.78, 5) is 0. The molecule has 2 heteroatoms. The van der Waals surface area contributed by atoms with E-state index in [1.165, 1.54) is 15.9 Å². The number of benzene rings is 3. The second kappa shape index (κ2) is 5.90. The second-order valence-corrected chi connectivity index (χ2v) is 6.75. The van der Waals surface area contributed by atoms with Crippen molar-refractivity contribution in [1.82, 2.24) is 0 Å². The van der Waals surface area contributed by atoms with Gasteiger partial charge < -0.3 is 5.73 Å². The highest BCUT2D eigenvalue weighted by Gasteiger charge is 2.17. The van der Waals surface area contributed by atoms with Gasteiger partial charge >= 0.3 is 0 Å². The Balaban J connectivity index is 2.17. The van der Waals surface area contributed by atoms with Gasteiger partial charge in [-0.25, -0.2) is 0 Å². The number of anilines is 1. The molecule has 0 heterocycles. The first-order valence-electron chi connectivity index (χ1n) is 6.61. The normalized spacial score (nSPS) is 10.7. The van der Waals surface area contributed by atoms with Gasteiger partial charge in [-0.3, -0.25) is 0 Å². The van der Waals surface area contributed by atoms with Crippen LogP contribution < -0.4 is 21.6 Å². The molecule has 0 atom stereocenters. The molecule has 0 unspecified atom stereocenters. The maximum absolute atomic E-state index is 6.21. The summed E-state index contributed by atoms with van der Waals surface area (Å²) in [6, 6.07) is 29.4. The minimum atomic E-state index is -0.592. The predicted molar refractivity (Wildman–Crippen MR) is 89.6 cm³/mol. The molecule has 98 valence electrons. The Bertz CT molecular complexity index is 641. The molecule has 3 aromatic carbocycles. The van der Waals surface area contributed by atoms with Gasteiger partial charge in [0.25, 0.3) is 0 Å². The highest BCUT2D eigenvalue weighted by atomic mass is 31.1. The Morgan fingerprint density at radius 2 is 1.00 bits per heavy atom. The van der Waals surface area contributed by atoms with E-state index in [1.807, 2.05) is 12.1 Å². The van der Waals surface area contributed by atoms with Crippen LogP contribution in [0.25, 0.3) is 0 Å². The van der Waals surface area contributed by atoms with Crippen LogP contribution in [0.4, 0.5) is 5.69 Å². The Morgan fingerprint density at radius 1 is 0.550 bits per heavy atom. The maximum atomic E-state index is 6.21. The molecule has 3 aromatic rings. The molecule has 0 saturated carbocycles. The lowest BCUT2D eigenvalue weighted by molar-refractivity contribution is 1.72. The van der Waals surface area contributed by atoms with E-state index in [0.717, 1.165) is 5.69 Å². The molecular weight excluding hydrogens is 261 g/mol. The highest BCUT2D eigenvalue weighted by Crippen LogP contribution is 2.34. The van der Waals surface area contributed by atoms with Gasteiger partial charge in [0.1, 0.15) is 0 Å². The molecular formula is C18H16NP. The van der Waals surface area contributed by atoms with Crippen molar-refractivity contribution in [2.75, 3.05) is 5.73 Å². The summed E-state index contributed by atoms with van der Waals surface area (Å²) in [5.41, 5.74) is 7.08. The van der Waals surface area contributed by atoms with Crippen molar-refractivity contribution in [2.24, 2.45) is 0 Å². The third-order valence-electron chi connectivity index (χ3n) is 3.21. The lowest BCUT2D eigenvalue weighted by Gasteiger charge is -2.20. The molecule has 20 heavy (non-hydrogen) atoms. The monoisotopic (exact) mass is 277 g/mol. The fourth-order valence-corrected chi connectivity index (χ4v) is 4.64. The Kier molecular flexibility index (Phi) is 3.80. The molecule has 0 amide bonds. The van der Waals surface area contributed by atoms with Crippen LogP contribution in [0.3, 0.4) is 0 Å². The molecule has 1 nitrogen and oxygen atoms in total. The smallest absolute Gasteiger partial charge is 0.0398 e. The molecule has 0 saturated heterocycles. The van der Waals surface area contributed by atoms with E-state index in [1.54, 1.807) is 0 Å². The van der Waals surface area contributed by atoms with E-state index in [2.05, 4.69) is 72.8 Å². The van der Waals surface area contributed by atoms with Gasteiger partial charge in [0.15, 0.2) is 0 Å². The zero-order valence-electron chi connectivity index (χ0n) is 11.1. The van der Waals surface area contributed by atoms with Gasteiger partial charge in [-0.2, -0.15) is 0 Å². The molecule has 0 radical (unpaired) electrons. The van der Waals surface area contributed by atoms with Crippen molar-refractivity contribution in [2.45, 2.75) is 0 Å². The van der Waals surface area contributed by atoms with Gasteiger partial charge in [-0.05, 0) is 24.6 Å². The summed E-state index contributed by atoms with van der Waals surface area (Å²) >= 11 is 0.